The van der Waals surface area contributed by atoms with Gasteiger partial charge in [0.05, 0.1) is 16.8 Å². The van der Waals surface area contributed by atoms with Crippen LogP contribution < -0.4 is 5.32 Å². The third-order valence-electron chi connectivity index (χ3n) is 3.19. The van der Waals surface area contributed by atoms with Crippen molar-refractivity contribution < 1.29 is 0 Å². The van der Waals surface area contributed by atoms with Gasteiger partial charge in [0.2, 0.25) is 0 Å². The summed E-state index contributed by atoms with van der Waals surface area (Å²) in [5, 5.41) is 5.40. The molecule has 1 aliphatic rings. The first-order valence-electron chi connectivity index (χ1n) is 6.29. The third kappa shape index (κ3) is 2.83. The molecule has 1 aliphatic heterocycles. The Labute approximate surface area is 116 Å². The van der Waals surface area contributed by atoms with E-state index in [0.717, 1.165) is 43.3 Å². The van der Waals surface area contributed by atoms with E-state index >= 15 is 0 Å². The van der Waals surface area contributed by atoms with Gasteiger partial charge in [-0.05, 0) is 37.7 Å². The van der Waals surface area contributed by atoms with E-state index in [0.29, 0.717) is 0 Å². The highest BCUT2D eigenvalue weighted by molar-refractivity contribution is 7.18. The van der Waals surface area contributed by atoms with Gasteiger partial charge in [0.25, 0.3) is 0 Å². The molecule has 0 radical (unpaired) electrons. The molecule has 0 amide bonds. The highest BCUT2D eigenvalue weighted by Crippen LogP contribution is 2.26. The van der Waals surface area contributed by atoms with Crippen molar-refractivity contribution >= 4 is 33.2 Å². The molecule has 3 nitrogen and oxygen atoms in total. The first-order valence-corrected chi connectivity index (χ1v) is 7.49. The molecule has 0 atom stereocenters. The quantitative estimate of drug-likeness (QED) is 0.917. The van der Waals surface area contributed by atoms with Gasteiger partial charge in [-0.25, -0.2) is 4.98 Å². The number of hydrogen-bond donors (Lipinski definition) is 1. The van der Waals surface area contributed by atoms with Crippen molar-refractivity contribution in [2.45, 2.75) is 13.0 Å². The summed E-state index contributed by atoms with van der Waals surface area (Å²) >= 11 is 7.76. The molecule has 0 unspecified atom stereocenters. The summed E-state index contributed by atoms with van der Waals surface area (Å²) in [6.45, 7) is 5.43. The van der Waals surface area contributed by atoms with Crippen LogP contribution in [0.15, 0.2) is 18.2 Å². The van der Waals surface area contributed by atoms with Crippen molar-refractivity contribution in [3.05, 3.63) is 28.2 Å². The van der Waals surface area contributed by atoms with Crippen molar-refractivity contribution in [2.75, 3.05) is 26.2 Å². The minimum atomic E-state index is 0.789. The van der Waals surface area contributed by atoms with Crippen molar-refractivity contribution in [3.63, 3.8) is 0 Å². The van der Waals surface area contributed by atoms with Crippen molar-refractivity contribution in [1.82, 2.24) is 15.2 Å². The Kier molecular flexibility index (Phi) is 3.80. The van der Waals surface area contributed by atoms with E-state index in [1.54, 1.807) is 11.3 Å². The van der Waals surface area contributed by atoms with E-state index in [9.17, 15) is 0 Å². The molecule has 18 heavy (non-hydrogen) atoms. The van der Waals surface area contributed by atoms with Gasteiger partial charge >= 0.3 is 0 Å². The van der Waals surface area contributed by atoms with Gasteiger partial charge in [-0.2, -0.15) is 0 Å². The Hall–Kier alpha value is -0.680. The van der Waals surface area contributed by atoms with Crippen LogP contribution in [0.3, 0.4) is 0 Å². The summed E-state index contributed by atoms with van der Waals surface area (Å²) in [6, 6.07) is 5.91. The second-order valence-electron chi connectivity index (χ2n) is 4.60. The van der Waals surface area contributed by atoms with Crippen molar-refractivity contribution in [3.8, 4) is 0 Å². The average Bonchev–Trinajstić information content (AvgIpc) is 2.57. The van der Waals surface area contributed by atoms with Crippen LogP contribution in [0.25, 0.3) is 10.2 Å². The van der Waals surface area contributed by atoms with Crippen LogP contribution in [0.2, 0.25) is 5.02 Å². The second kappa shape index (κ2) is 5.53. The topological polar surface area (TPSA) is 28.2 Å². The predicted molar refractivity (Wildman–Crippen MR) is 77.4 cm³/mol. The van der Waals surface area contributed by atoms with Crippen LogP contribution in [0.1, 0.15) is 11.4 Å². The smallest absolute Gasteiger partial charge is 0.108 e. The summed E-state index contributed by atoms with van der Waals surface area (Å²) in [7, 11) is 0. The predicted octanol–water partition coefficient (Wildman–Crippen LogP) is 2.75. The maximum absolute atomic E-state index is 6.00. The van der Waals surface area contributed by atoms with E-state index in [2.05, 4.69) is 15.2 Å². The van der Waals surface area contributed by atoms with Gasteiger partial charge in [0.1, 0.15) is 5.01 Å². The van der Waals surface area contributed by atoms with E-state index in [1.807, 2.05) is 18.2 Å². The van der Waals surface area contributed by atoms with Gasteiger partial charge < -0.3 is 5.32 Å². The van der Waals surface area contributed by atoms with E-state index < -0.39 is 0 Å². The molecule has 0 spiro atoms. The van der Waals surface area contributed by atoms with E-state index in [4.69, 9.17) is 11.6 Å². The lowest BCUT2D eigenvalue weighted by atomic mass is 10.3. The normalized spacial score (nSPS) is 18.1. The molecule has 0 aliphatic carbocycles. The Bertz CT molecular complexity index is 532. The zero-order valence-electron chi connectivity index (χ0n) is 10.2. The average molecular weight is 282 g/mol. The molecule has 2 heterocycles. The summed E-state index contributed by atoms with van der Waals surface area (Å²) in [5.74, 6) is 0. The zero-order valence-corrected chi connectivity index (χ0v) is 11.7. The van der Waals surface area contributed by atoms with E-state index in [1.165, 1.54) is 16.1 Å². The first-order chi connectivity index (χ1) is 8.81. The summed E-state index contributed by atoms with van der Waals surface area (Å²) < 4.78 is 1.19. The number of benzene rings is 1. The molecule has 1 N–H and O–H groups in total. The minimum Gasteiger partial charge on any atom is -0.315 e. The number of thiazole rings is 1. The highest BCUT2D eigenvalue weighted by atomic mass is 35.5. The number of halogens is 1. The fraction of sp³-hybridized carbons (Fsp3) is 0.462. The van der Waals surface area contributed by atoms with Crippen molar-refractivity contribution in [1.29, 1.82) is 0 Å². The molecule has 96 valence electrons. The summed E-state index contributed by atoms with van der Waals surface area (Å²) in [6.07, 6.45) is 1.22. The van der Waals surface area contributed by atoms with Crippen LogP contribution >= 0.6 is 22.9 Å². The van der Waals surface area contributed by atoms with Crippen LogP contribution in [0.4, 0.5) is 0 Å². The number of nitrogens with one attached hydrogen (secondary N) is 1. The first kappa shape index (κ1) is 12.4. The maximum Gasteiger partial charge on any atom is 0.108 e. The lowest BCUT2D eigenvalue weighted by Gasteiger charge is -2.17. The lowest BCUT2D eigenvalue weighted by molar-refractivity contribution is 0.284. The van der Waals surface area contributed by atoms with E-state index in [-0.39, 0.29) is 0 Å². The number of rotatable bonds is 2. The molecular formula is C13H16ClN3S. The van der Waals surface area contributed by atoms with Crippen LogP contribution in [0.5, 0.6) is 0 Å². The molecule has 0 saturated carbocycles. The Morgan fingerprint density at radius 1 is 1.33 bits per heavy atom. The standard InChI is InChI=1S/C13H16ClN3S/c14-10-2-3-11-12(8-10)18-13(16-11)9-17-6-1-4-15-5-7-17/h2-3,8,15H,1,4-7,9H2. The summed E-state index contributed by atoms with van der Waals surface area (Å²) in [5.41, 5.74) is 1.06. The molecule has 0 bridgehead atoms. The number of hydrogen-bond acceptors (Lipinski definition) is 4. The Morgan fingerprint density at radius 3 is 3.22 bits per heavy atom. The number of nitrogens with zero attached hydrogens (tertiary/aromatic N) is 2. The number of aromatic nitrogens is 1. The van der Waals surface area contributed by atoms with Gasteiger partial charge in [0, 0.05) is 18.1 Å². The van der Waals surface area contributed by atoms with Gasteiger partial charge in [-0.1, -0.05) is 11.6 Å². The molecule has 1 aromatic heterocycles. The highest BCUT2D eigenvalue weighted by Gasteiger charge is 2.12. The third-order valence-corrected chi connectivity index (χ3v) is 4.42. The van der Waals surface area contributed by atoms with Crippen molar-refractivity contribution in [2.24, 2.45) is 0 Å². The van der Waals surface area contributed by atoms with Gasteiger partial charge in [0.15, 0.2) is 0 Å². The van der Waals surface area contributed by atoms with Crippen LogP contribution in [-0.4, -0.2) is 36.1 Å². The fourth-order valence-electron chi connectivity index (χ4n) is 2.26. The molecular weight excluding hydrogens is 266 g/mol. The molecule has 1 fully saturated rings. The maximum atomic E-state index is 6.00. The van der Waals surface area contributed by atoms with Crippen LogP contribution in [-0.2, 0) is 6.54 Å². The molecule has 5 heteroatoms. The molecule has 1 aromatic carbocycles. The number of fused-ring (bicyclic) bond motifs is 1. The Morgan fingerprint density at radius 2 is 2.28 bits per heavy atom. The molecule has 1 saturated heterocycles. The SMILES string of the molecule is Clc1ccc2nc(CN3CCCNCC3)sc2c1. The van der Waals surface area contributed by atoms with Crippen LogP contribution in [0, 0.1) is 0 Å². The molecule has 3 rings (SSSR count). The summed E-state index contributed by atoms with van der Waals surface area (Å²) in [4.78, 5) is 7.15. The molecule has 2 aromatic rings. The van der Waals surface area contributed by atoms with Gasteiger partial charge in [-0.3, -0.25) is 4.90 Å². The minimum absolute atomic E-state index is 0.789. The zero-order chi connectivity index (χ0) is 12.4. The second-order valence-corrected chi connectivity index (χ2v) is 6.15. The lowest BCUT2D eigenvalue weighted by Crippen LogP contribution is -2.27. The largest absolute Gasteiger partial charge is 0.315 e. The Balaban J connectivity index is 1.77. The van der Waals surface area contributed by atoms with Gasteiger partial charge in [-0.15, -0.1) is 11.3 Å². The fourth-order valence-corrected chi connectivity index (χ4v) is 3.55. The monoisotopic (exact) mass is 281 g/mol.